The van der Waals surface area contributed by atoms with Gasteiger partial charge < -0.3 is 13.7 Å². The van der Waals surface area contributed by atoms with Crippen molar-refractivity contribution in [3.05, 3.63) is 230 Å². The number of anilines is 3. The molecule has 4 heteroatoms. The number of hydrogen-bond donors (Lipinski definition) is 0. The van der Waals surface area contributed by atoms with E-state index in [0.29, 0.717) is 0 Å². The van der Waals surface area contributed by atoms with E-state index in [1.165, 1.54) is 49.5 Å². The summed E-state index contributed by atoms with van der Waals surface area (Å²) < 4.78 is 16.0. The smallest absolute Gasteiger partial charge is 0.213 e. The van der Waals surface area contributed by atoms with Crippen LogP contribution in [-0.4, -0.2) is 4.40 Å². The first-order valence-corrected chi connectivity index (χ1v) is 23.1. The summed E-state index contributed by atoms with van der Waals surface area (Å²) in [4.78, 5) is 2.37. The van der Waals surface area contributed by atoms with Crippen LogP contribution in [0.5, 0.6) is 0 Å². The molecule has 0 amide bonds. The van der Waals surface area contributed by atoms with Crippen molar-refractivity contribution in [3.63, 3.8) is 0 Å². The molecule has 10 aromatic carbocycles. The van der Waals surface area contributed by atoms with E-state index in [-0.39, 0.29) is 5.41 Å². The Morgan fingerprint density at radius 3 is 1.85 bits per heavy atom. The molecular formula is C63H42N2O2. The molecule has 0 saturated carbocycles. The summed E-state index contributed by atoms with van der Waals surface area (Å²) in [6, 6.07) is 78.7. The van der Waals surface area contributed by atoms with Crippen molar-refractivity contribution in [2.24, 2.45) is 0 Å². The number of oxazole rings is 1. The lowest BCUT2D eigenvalue weighted by molar-refractivity contribution is 0.657. The first-order valence-electron chi connectivity index (χ1n) is 23.1. The molecule has 316 valence electrons. The van der Waals surface area contributed by atoms with Gasteiger partial charge in [0.2, 0.25) is 5.71 Å². The lowest BCUT2D eigenvalue weighted by atomic mass is 9.81. The zero-order chi connectivity index (χ0) is 44.4. The van der Waals surface area contributed by atoms with Crippen LogP contribution in [0.25, 0.3) is 105 Å². The van der Waals surface area contributed by atoms with E-state index in [1.807, 2.05) is 0 Å². The van der Waals surface area contributed by atoms with Crippen LogP contribution >= 0.6 is 0 Å². The number of hydrogen-bond acceptors (Lipinski definition) is 3. The molecule has 0 unspecified atom stereocenters. The molecule has 0 spiro atoms. The quantitative estimate of drug-likeness (QED) is 0.167. The van der Waals surface area contributed by atoms with E-state index in [9.17, 15) is 0 Å². The Labute approximate surface area is 387 Å². The molecule has 0 bridgehead atoms. The molecule has 4 nitrogen and oxygen atoms in total. The molecule has 14 rings (SSSR count). The van der Waals surface area contributed by atoms with Crippen LogP contribution in [-0.2, 0) is 5.41 Å². The number of fused-ring (bicyclic) bond motifs is 13. The zero-order valence-electron chi connectivity index (χ0n) is 37.0. The van der Waals surface area contributed by atoms with Crippen molar-refractivity contribution in [3.8, 4) is 44.5 Å². The van der Waals surface area contributed by atoms with Gasteiger partial charge in [-0.25, -0.2) is 0 Å². The van der Waals surface area contributed by atoms with Gasteiger partial charge in [0.25, 0.3) is 0 Å². The van der Waals surface area contributed by atoms with Gasteiger partial charge in [0.15, 0.2) is 5.58 Å². The average Bonchev–Trinajstić information content (AvgIpc) is 4.10. The maximum absolute atomic E-state index is 7.01. The van der Waals surface area contributed by atoms with Crippen molar-refractivity contribution in [2.75, 3.05) is 4.90 Å². The second-order valence-electron chi connectivity index (χ2n) is 18.5. The molecule has 3 aromatic heterocycles. The zero-order valence-corrected chi connectivity index (χ0v) is 37.0. The predicted octanol–water partition coefficient (Wildman–Crippen LogP) is 17.7. The molecule has 1 aliphatic rings. The Balaban J connectivity index is 0.892. The summed E-state index contributed by atoms with van der Waals surface area (Å²) in [6.07, 6.45) is 0. The monoisotopic (exact) mass is 858 g/mol. The van der Waals surface area contributed by atoms with Gasteiger partial charge in [-0.2, -0.15) is 0 Å². The van der Waals surface area contributed by atoms with Crippen molar-refractivity contribution in [2.45, 2.75) is 19.3 Å². The maximum Gasteiger partial charge on any atom is 0.213 e. The van der Waals surface area contributed by atoms with Gasteiger partial charge in [-0.3, -0.25) is 4.40 Å². The van der Waals surface area contributed by atoms with E-state index < -0.39 is 0 Å². The average molecular weight is 859 g/mol. The SMILES string of the molecule is CC1(C)c2cc(-c3cccc4c3oc3c(-c5ccccc5)c5ccccc5n34)ccc2-c2ccc(N(c3ccc(-c4ccccc4)cc3)c3ccc4c(c3)oc3ccc5ccccc5c34)cc21. The number of para-hydroxylation sites is 2. The van der Waals surface area contributed by atoms with Crippen LogP contribution < -0.4 is 4.90 Å². The van der Waals surface area contributed by atoms with E-state index >= 15 is 0 Å². The van der Waals surface area contributed by atoms with Gasteiger partial charge >= 0.3 is 0 Å². The number of nitrogens with zero attached hydrogens (tertiary/aromatic N) is 2. The third kappa shape index (κ3) is 5.60. The first-order chi connectivity index (χ1) is 33.0. The topological polar surface area (TPSA) is 33.9 Å². The van der Waals surface area contributed by atoms with Crippen molar-refractivity contribution >= 4 is 77.5 Å². The summed E-state index contributed by atoms with van der Waals surface area (Å²) in [5.41, 5.74) is 20.6. The Morgan fingerprint density at radius 1 is 0.403 bits per heavy atom. The first kappa shape index (κ1) is 37.7. The fourth-order valence-electron chi connectivity index (χ4n) is 11.2. The molecule has 1 aliphatic carbocycles. The lowest BCUT2D eigenvalue weighted by Gasteiger charge is -2.28. The molecule has 0 fully saturated rings. The molecule has 0 N–H and O–H groups in total. The minimum absolute atomic E-state index is 0.288. The van der Waals surface area contributed by atoms with Gasteiger partial charge in [-0.05, 0) is 116 Å². The van der Waals surface area contributed by atoms with Crippen LogP contribution in [0.2, 0.25) is 0 Å². The summed E-state index contributed by atoms with van der Waals surface area (Å²) in [6.45, 7) is 4.73. The normalized spacial score (nSPS) is 13.0. The molecule has 0 atom stereocenters. The third-order valence-electron chi connectivity index (χ3n) is 14.4. The molecule has 0 saturated heterocycles. The minimum atomic E-state index is -0.288. The summed E-state index contributed by atoms with van der Waals surface area (Å²) >= 11 is 0. The van der Waals surface area contributed by atoms with Gasteiger partial charge in [-0.1, -0.05) is 166 Å². The Hall–Kier alpha value is -8.60. The van der Waals surface area contributed by atoms with Crippen LogP contribution in [0.4, 0.5) is 17.1 Å². The third-order valence-corrected chi connectivity index (χ3v) is 14.4. The second-order valence-corrected chi connectivity index (χ2v) is 18.5. The van der Waals surface area contributed by atoms with E-state index in [4.69, 9.17) is 8.83 Å². The molecule has 67 heavy (non-hydrogen) atoms. The summed E-state index contributed by atoms with van der Waals surface area (Å²) in [5, 5.41) is 5.86. The molecule has 0 radical (unpaired) electrons. The fourth-order valence-corrected chi connectivity index (χ4v) is 11.2. The molecule has 13 aromatic rings. The van der Waals surface area contributed by atoms with Gasteiger partial charge in [0, 0.05) is 50.3 Å². The van der Waals surface area contributed by atoms with Crippen LogP contribution in [0.1, 0.15) is 25.0 Å². The van der Waals surface area contributed by atoms with Crippen LogP contribution in [0, 0.1) is 0 Å². The fraction of sp³-hybridized carbons (Fsp3) is 0.0476. The highest BCUT2D eigenvalue weighted by Gasteiger charge is 2.37. The van der Waals surface area contributed by atoms with Gasteiger partial charge in [0.05, 0.1) is 16.6 Å². The lowest BCUT2D eigenvalue weighted by Crippen LogP contribution is -2.16. The Kier molecular flexibility index (Phi) is 8.00. The van der Waals surface area contributed by atoms with Crippen molar-refractivity contribution in [1.29, 1.82) is 0 Å². The number of rotatable bonds is 6. The molecular weight excluding hydrogens is 817 g/mol. The molecule has 3 heterocycles. The number of benzene rings is 10. The van der Waals surface area contributed by atoms with Crippen LogP contribution in [0.15, 0.2) is 227 Å². The predicted molar refractivity (Wildman–Crippen MR) is 278 cm³/mol. The van der Waals surface area contributed by atoms with Gasteiger partial charge in [-0.15, -0.1) is 0 Å². The number of aromatic nitrogens is 1. The highest BCUT2D eigenvalue weighted by Crippen LogP contribution is 2.53. The Bertz CT molecular complexity index is 4120. The maximum atomic E-state index is 7.01. The van der Waals surface area contributed by atoms with Gasteiger partial charge in [0.1, 0.15) is 11.2 Å². The van der Waals surface area contributed by atoms with Crippen LogP contribution in [0.3, 0.4) is 0 Å². The molecule has 0 aliphatic heterocycles. The summed E-state index contributed by atoms with van der Waals surface area (Å²) in [5.74, 6) is 0. The largest absolute Gasteiger partial charge is 0.456 e. The number of furan rings is 1. The second kappa shape index (κ2) is 14.2. The summed E-state index contributed by atoms with van der Waals surface area (Å²) in [7, 11) is 0. The highest BCUT2D eigenvalue weighted by atomic mass is 16.3. The standard InChI is InChI=1S/C63H42N2O2/c1-63(2)53-36-43(48-21-13-23-56-61(48)67-62-59(42-17-7-4-8-18-42)51-20-11-12-22-55(51)65(56)62)26-32-49(53)50-33-30-45(37-54(50)63)64(44-28-24-40(25-29-44)39-14-5-3-6-15-39)46-31-34-52-58(38-46)66-57-35-27-41-16-9-10-19-47(41)60(52)57/h3-38H,1-2H3. The highest BCUT2D eigenvalue weighted by molar-refractivity contribution is 6.19. The van der Waals surface area contributed by atoms with Crippen molar-refractivity contribution < 1.29 is 8.83 Å². The van der Waals surface area contributed by atoms with Crippen molar-refractivity contribution in [1.82, 2.24) is 4.40 Å². The van der Waals surface area contributed by atoms with E-state index in [1.54, 1.807) is 0 Å². The Morgan fingerprint density at radius 2 is 1.03 bits per heavy atom. The van der Waals surface area contributed by atoms with E-state index in [0.717, 1.165) is 83.6 Å². The minimum Gasteiger partial charge on any atom is -0.456 e. The van der Waals surface area contributed by atoms with E-state index in [2.05, 4.69) is 242 Å².